The number of nitrogens with one attached hydrogen (secondary N) is 1. The number of hydrogen-bond donors (Lipinski definition) is 1. The van der Waals surface area contributed by atoms with Crippen molar-refractivity contribution in [2.24, 2.45) is 0 Å². The monoisotopic (exact) mass is 374 g/mol. The van der Waals surface area contributed by atoms with Crippen LogP contribution in [0.3, 0.4) is 0 Å². The Labute approximate surface area is 156 Å². The van der Waals surface area contributed by atoms with Crippen molar-refractivity contribution in [3.8, 4) is 0 Å². The summed E-state index contributed by atoms with van der Waals surface area (Å²) in [6.45, 7) is 9.46. The van der Waals surface area contributed by atoms with E-state index in [2.05, 4.69) is 4.72 Å². The number of anilines is 1. The standard InChI is InChI=1S/C20H26N2O3S/c1-14-7-9-19(17(4)12-14)22(18(5)23)11-10-21-26(24,25)20-13-15(2)6-8-16(20)3/h6-9,12-13,21H,10-11H2,1-5H3. The van der Waals surface area contributed by atoms with Gasteiger partial charge >= 0.3 is 0 Å². The molecule has 5 nitrogen and oxygen atoms in total. The highest BCUT2D eigenvalue weighted by Gasteiger charge is 2.19. The molecule has 0 radical (unpaired) electrons. The zero-order chi connectivity index (χ0) is 19.5. The Kier molecular flexibility index (Phi) is 6.21. The molecule has 0 aliphatic carbocycles. The first-order valence-electron chi connectivity index (χ1n) is 8.54. The Bertz CT molecular complexity index is 921. The lowest BCUT2D eigenvalue weighted by molar-refractivity contribution is -0.116. The van der Waals surface area contributed by atoms with Crippen LogP contribution in [0, 0.1) is 27.7 Å². The second kappa shape index (κ2) is 8.01. The molecule has 0 saturated carbocycles. The molecule has 1 N–H and O–H groups in total. The predicted octanol–water partition coefficient (Wildman–Crippen LogP) is 3.25. The van der Waals surface area contributed by atoms with Crippen molar-refractivity contribution in [2.45, 2.75) is 39.5 Å². The van der Waals surface area contributed by atoms with Gasteiger partial charge < -0.3 is 4.90 Å². The Morgan fingerprint density at radius 1 is 0.962 bits per heavy atom. The highest BCUT2D eigenvalue weighted by molar-refractivity contribution is 7.89. The lowest BCUT2D eigenvalue weighted by atomic mass is 10.1. The van der Waals surface area contributed by atoms with Gasteiger partial charge in [-0.05, 0) is 56.5 Å². The van der Waals surface area contributed by atoms with Gasteiger partial charge in [-0.1, -0.05) is 29.8 Å². The molecule has 0 heterocycles. The number of sulfonamides is 1. The van der Waals surface area contributed by atoms with Gasteiger partial charge in [-0.2, -0.15) is 0 Å². The molecule has 1 amide bonds. The fourth-order valence-corrected chi connectivity index (χ4v) is 4.27. The summed E-state index contributed by atoms with van der Waals surface area (Å²) < 4.78 is 27.8. The Morgan fingerprint density at radius 2 is 1.58 bits per heavy atom. The second-order valence-corrected chi connectivity index (χ2v) is 8.36. The van der Waals surface area contributed by atoms with Crippen molar-refractivity contribution in [1.29, 1.82) is 0 Å². The maximum atomic E-state index is 12.6. The first kappa shape index (κ1) is 20.1. The minimum absolute atomic E-state index is 0.122. The number of hydrogen-bond acceptors (Lipinski definition) is 3. The highest BCUT2D eigenvalue weighted by atomic mass is 32.2. The van der Waals surface area contributed by atoms with E-state index in [0.29, 0.717) is 5.56 Å². The average molecular weight is 375 g/mol. The van der Waals surface area contributed by atoms with Crippen molar-refractivity contribution >= 4 is 21.6 Å². The molecule has 0 aromatic heterocycles. The quantitative estimate of drug-likeness (QED) is 0.844. The molecule has 6 heteroatoms. The van der Waals surface area contributed by atoms with Gasteiger partial charge in [0.2, 0.25) is 15.9 Å². The smallest absolute Gasteiger partial charge is 0.240 e. The number of aryl methyl sites for hydroxylation is 4. The minimum Gasteiger partial charge on any atom is -0.311 e. The molecule has 140 valence electrons. The average Bonchev–Trinajstić information content (AvgIpc) is 2.54. The molecule has 0 aliphatic heterocycles. The molecule has 0 atom stereocenters. The molecule has 0 aliphatic rings. The van der Waals surface area contributed by atoms with Crippen molar-refractivity contribution in [1.82, 2.24) is 4.72 Å². The van der Waals surface area contributed by atoms with Crippen LogP contribution < -0.4 is 9.62 Å². The molecule has 26 heavy (non-hydrogen) atoms. The summed E-state index contributed by atoms with van der Waals surface area (Å²) in [4.78, 5) is 13.9. The number of nitrogens with zero attached hydrogens (tertiary/aromatic N) is 1. The molecule has 0 fully saturated rings. The summed E-state index contributed by atoms with van der Waals surface area (Å²) in [6.07, 6.45) is 0. The van der Waals surface area contributed by atoms with Gasteiger partial charge in [-0.15, -0.1) is 0 Å². The molecule has 0 spiro atoms. The van der Waals surface area contributed by atoms with E-state index in [-0.39, 0.29) is 23.9 Å². The van der Waals surface area contributed by atoms with E-state index in [9.17, 15) is 13.2 Å². The zero-order valence-electron chi connectivity index (χ0n) is 16.0. The van der Waals surface area contributed by atoms with E-state index in [4.69, 9.17) is 0 Å². The maximum absolute atomic E-state index is 12.6. The van der Waals surface area contributed by atoms with E-state index in [1.165, 1.54) is 6.92 Å². The third-order valence-corrected chi connectivity index (χ3v) is 5.89. The van der Waals surface area contributed by atoms with Crippen LogP contribution in [0.2, 0.25) is 0 Å². The largest absolute Gasteiger partial charge is 0.311 e. The van der Waals surface area contributed by atoms with Crippen molar-refractivity contribution in [2.75, 3.05) is 18.0 Å². The van der Waals surface area contributed by atoms with Crippen LogP contribution in [0.5, 0.6) is 0 Å². The Hall–Kier alpha value is -2.18. The van der Waals surface area contributed by atoms with E-state index in [1.54, 1.807) is 24.0 Å². The number of benzene rings is 2. The number of rotatable bonds is 6. The summed E-state index contributed by atoms with van der Waals surface area (Å²) in [7, 11) is -3.62. The SMILES string of the molecule is CC(=O)N(CCNS(=O)(=O)c1cc(C)ccc1C)c1ccc(C)cc1C. The van der Waals surface area contributed by atoms with Crippen LogP contribution in [-0.2, 0) is 14.8 Å². The molecule has 2 aromatic rings. The third-order valence-electron chi connectivity index (χ3n) is 4.28. The van der Waals surface area contributed by atoms with Gasteiger partial charge in [0.1, 0.15) is 0 Å². The summed E-state index contributed by atoms with van der Waals surface area (Å²) in [6, 6.07) is 11.2. The van der Waals surface area contributed by atoms with Gasteiger partial charge in [0, 0.05) is 25.7 Å². The molecule has 2 aromatic carbocycles. The molecule has 0 bridgehead atoms. The van der Waals surface area contributed by atoms with Crippen LogP contribution in [0.4, 0.5) is 5.69 Å². The molecule has 2 rings (SSSR count). The first-order chi connectivity index (χ1) is 12.1. The predicted molar refractivity (Wildman–Crippen MR) is 105 cm³/mol. The van der Waals surface area contributed by atoms with E-state index >= 15 is 0 Å². The number of carbonyl (C=O) groups is 1. The minimum atomic E-state index is -3.62. The molecule has 0 unspecified atom stereocenters. The molecular formula is C20H26N2O3S. The van der Waals surface area contributed by atoms with Crippen LogP contribution >= 0.6 is 0 Å². The fourth-order valence-electron chi connectivity index (χ4n) is 2.92. The third kappa shape index (κ3) is 4.71. The normalized spacial score (nSPS) is 11.4. The Morgan fingerprint density at radius 3 is 2.19 bits per heavy atom. The van der Waals surface area contributed by atoms with Gasteiger partial charge in [0.25, 0.3) is 0 Å². The van der Waals surface area contributed by atoms with Gasteiger partial charge in [-0.3, -0.25) is 4.79 Å². The van der Waals surface area contributed by atoms with Crippen LogP contribution in [0.15, 0.2) is 41.3 Å². The highest BCUT2D eigenvalue weighted by Crippen LogP contribution is 2.21. The topological polar surface area (TPSA) is 66.5 Å². The van der Waals surface area contributed by atoms with Gasteiger partial charge in [0.15, 0.2) is 0 Å². The van der Waals surface area contributed by atoms with E-state index in [0.717, 1.165) is 22.4 Å². The van der Waals surface area contributed by atoms with Gasteiger partial charge in [0.05, 0.1) is 4.90 Å². The second-order valence-electron chi connectivity index (χ2n) is 6.63. The Balaban J connectivity index is 2.15. The molecule has 0 saturated heterocycles. The van der Waals surface area contributed by atoms with E-state index < -0.39 is 10.0 Å². The summed E-state index contributed by atoms with van der Waals surface area (Å²) in [5.74, 6) is -0.122. The van der Waals surface area contributed by atoms with Crippen molar-refractivity contribution < 1.29 is 13.2 Å². The van der Waals surface area contributed by atoms with Gasteiger partial charge in [-0.25, -0.2) is 13.1 Å². The summed E-state index contributed by atoms with van der Waals surface area (Å²) >= 11 is 0. The summed E-state index contributed by atoms with van der Waals surface area (Å²) in [5.41, 5.74) is 4.48. The lowest BCUT2D eigenvalue weighted by Gasteiger charge is -2.23. The number of carbonyl (C=O) groups excluding carboxylic acids is 1. The number of amides is 1. The van der Waals surface area contributed by atoms with Crippen molar-refractivity contribution in [3.63, 3.8) is 0 Å². The van der Waals surface area contributed by atoms with Crippen LogP contribution in [0.25, 0.3) is 0 Å². The van der Waals surface area contributed by atoms with E-state index in [1.807, 2.05) is 45.0 Å². The van der Waals surface area contributed by atoms with Crippen LogP contribution in [0.1, 0.15) is 29.2 Å². The maximum Gasteiger partial charge on any atom is 0.240 e. The lowest BCUT2D eigenvalue weighted by Crippen LogP contribution is -2.38. The summed E-state index contributed by atoms with van der Waals surface area (Å²) in [5, 5.41) is 0. The van der Waals surface area contributed by atoms with Crippen molar-refractivity contribution in [3.05, 3.63) is 58.7 Å². The zero-order valence-corrected chi connectivity index (χ0v) is 16.8. The van der Waals surface area contributed by atoms with Crippen LogP contribution in [-0.4, -0.2) is 27.4 Å². The fraction of sp³-hybridized carbons (Fsp3) is 0.350. The molecular weight excluding hydrogens is 348 g/mol. The first-order valence-corrected chi connectivity index (χ1v) is 10.0.